The number of rotatable bonds is 3. The Labute approximate surface area is 110 Å². The molecule has 0 atom stereocenters. The Morgan fingerprint density at radius 1 is 1.06 bits per heavy atom. The molecule has 0 bridgehead atoms. The van der Waals surface area contributed by atoms with E-state index in [1.807, 2.05) is 0 Å². The van der Waals surface area contributed by atoms with Gasteiger partial charge in [-0.05, 0) is 12.8 Å². The van der Waals surface area contributed by atoms with Gasteiger partial charge in [-0.1, -0.05) is 30.8 Å². The van der Waals surface area contributed by atoms with E-state index in [9.17, 15) is 0 Å². The van der Waals surface area contributed by atoms with E-state index in [-0.39, 0.29) is 0 Å². The molecule has 1 saturated carbocycles. The second-order valence-electron chi connectivity index (χ2n) is 5.55. The quantitative estimate of drug-likeness (QED) is 0.260. The maximum absolute atomic E-state index is 8.58. The molecule has 0 spiro atoms. The van der Waals surface area contributed by atoms with Gasteiger partial charge in [0.15, 0.2) is 5.84 Å². The van der Waals surface area contributed by atoms with Crippen molar-refractivity contribution in [1.29, 1.82) is 0 Å². The summed E-state index contributed by atoms with van der Waals surface area (Å²) in [5.41, 5.74) is 5.55. The van der Waals surface area contributed by atoms with Crippen LogP contribution in [-0.4, -0.2) is 59.6 Å². The van der Waals surface area contributed by atoms with Gasteiger partial charge in [0.1, 0.15) is 0 Å². The maximum Gasteiger partial charge on any atom is 0.153 e. The highest BCUT2D eigenvalue weighted by atomic mass is 16.4. The lowest BCUT2D eigenvalue weighted by Gasteiger charge is -2.39. The summed E-state index contributed by atoms with van der Waals surface area (Å²) in [7, 11) is 0. The molecule has 2 aliphatic rings. The third kappa shape index (κ3) is 3.85. The fourth-order valence-corrected chi connectivity index (χ4v) is 3.17. The molecule has 18 heavy (non-hydrogen) atoms. The van der Waals surface area contributed by atoms with Crippen LogP contribution in [0.5, 0.6) is 0 Å². The number of nitrogens with zero attached hydrogens (tertiary/aromatic N) is 3. The van der Waals surface area contributed by atoms with E-state index >= 15 is 0 Å². The standard InChI is InChI=1S/C13H26N4O/c14-13(15-18)11-16-7-9-17(10-8-16)12-5-3-1-2-4-6-12/h12,18H,1-11H2,(H2,14,15). The van der Waals surface area contributed by atoms with E-state index < -0.39 is 0 Å². The van der Waals surface area contributed by atoms with Gasteiger partial charge in [0.05, 0.1) is 6.54 Å². The van der Waals surface area contributed by atoms with Crippen molar-refractivity contribution in [2.45, 2.75) is 44.6 Å². The van der Waals surface area contributed by atoms with Crippen molar-refractivity contribution in [2.75, 3.05) is 32.7 Å². The first-order valence-electron chi connectivity index (χ1n) is 7.22. The second kappa shape index (κ2) is 6.95. The molecule has 3 N–H and O–H groups in total. The fraction of sp³-hybridized carbons (Fsp3) is 0.923. The van der Waals surface area contributed by atoms with Crippen LogP contribution in [0.25, 0.3) is 0 Å². The molecule has 0 unspecified atom stereocenters. The van der Waals surface area contributed by atoms with Crippen molar-refractivity contribution in [3.8, 4) is 0 Å². The Hall–Kier alpha value is -0.810. The van der Waals surface area contributed by atoms with Gasteiger partial charge < -0.3 is 10.9 Å². The lowest BCUT2D eigenvalue weighted by atomic mass is 10.1. The summed E-state index contributed by atoms with van der Waals surface area (Å²) >= 11 is 0. The first-order valence-corrected chi connectivity index (χ1v) is 7.22. The SMILES string of the molecule is NC(CN1CCN(C2CCCCCC2)CC1)=NO. The second-order valence-corrected chi connectivity index (χ2v) is 5.55. The van der Waals surface area contributed by atoms with E-state index in [1.54, 1.807) is 0 Å². The number of oxime groups is 1. The number of nitrogens with two attached hydrogens (primary N) is 1. The Morgan fingerprint density at radius 2 is 1.67 bits per heavy atom. The first kappa shape index (κ1) is 13.6. The fourth-order valence-electron chi connectivity index (χ4n) is 3.17. The summed E-state index contributed by atoms with van der Waals surface area (Å²) < 4.78 is 0. The molecule has 0 radical (unpaired) electrons. The predicted octanol–water partition coefficient (Wildman–Crippen LogP) is 1.07. The molecule has 1 aliphatic heterocycles. The number of amidine groups is 1. The minimum absolute atomic E-state index is 0.318. The largest absolute Gasteiger partial charge is 0.409 e. The highest BCUT2D eigenvalue weighted by Gasteiger charge is 2.24. The maximum atomic E-state index is 8.58. The van der Waals surface area contributed by atoms with Crippen molar-refractivity contribution in [3.05, 3.63) is 0 Å². The molecule has 0 aromatic carbocycles. The van der Waals surface area contributed by atoms with E-state index in [0.29, 0.717) is 12.4 Å². The zero-order valence-corrected chi connectivity index (χ0v) is 11.2. The molecule has 1 heterocycles. The molecule has 5 nitrogen and oxygen atoms in total. The van der Waals surface area contributed by atoms with Gasteiger partial charge in [-0.3, -0.25) is 9.80 Å². The third-order valence-electron chi connectivity index (χ3n) is 4.26. The van der Waals surface area contributed by atoms with Gasteiger partial charge in [0.25, 0.3) is 0 Å². The van der Waals surface area contributed by atoms with Crippen LogP contribution < -0.4 is 5.73 Å². The summed E-state index contributed by atoms with van der Waals surface area (Å²) in [6.07, 6.45) is 8.38. The molecule has 0 amide bonds. The Balaban J connectivity index is 1.75. The first-order chi connectivity index (χ1) is 8.79. The summed E-state index contributed by atoms with van der Waals surface area (Å²) in [6.45, 7) is 4.92. The van der Waals surface area contributed by atoms with Crippen LogP contribution >= 0.6 is 0 Å². The molecular formula is C13H26N4O. The van der Waals surface area contributed by atoms with Gasteiger partial charge in [0, 0.05) is 32.2 Å². The lowest BCUT2D eigenvalue weighted by Crippen LogP contribution is -2.51. The van der Waals surface area contributed by atoms with Crippen molar-refractivity contribution in [2.24, 2.45) is 10.9 Å². The van der Waals surface area contributed by atoms with Gasteiger partial charge in [0.2, 0.25) is 0 Å². The van der Waals surface area contributed by atoms with Crippen molar-refractivity contribution in [1.82, 2.24) is 9.80 Å². The lowest BCUT2D eigenvalue weighted by molar-refractivity contribution is 0.0970. The summed E-state index contributed by atoms with van der Waals surface area (Å²) in [5, 5.41) is 11.6. The summed E-state index contributed by atoms with van der Waals surface area (Å²) in [5.74, 6) is 0.318. The van der Waals surface area contributed by atoms with Crippen LogP contribution in [0.3, 0.4) is 0 Å². The van der Waals surface area contributed by atoms with Crippen LogP contribution in [0.2, 0.25) is 0 Å². The van der Waals surface area contributed by atoms with Crippen LogP contribution in [0.4, 0.5) is 0 Å². The zero-order valence-electron chi connectivity index (χ0n) is 11.2. The van der Waals surface area contributed by atoms with Crippen molar-refractivity contribution in [3.63, 3.8) is 0 Å². The predicted molar refractivity (Wildman–Crippen MR) is 72.9 cm³/mol. The normalized spacial score (nSPS) is 26.1. The molecule has 0 aromatic rings. The van der Waals surface area contributed by atoms with Gasteiger partial charge in [-0.2, -0.15) is 0 Å². The van der Waals surface area contributed by atoms with Crippen LogP contribution in [0, 0.1) is 0 Å². The molecule has 2 fully saturated rings. The molecular weight excluding hydrogens is 228 g/mol. The van der Waals surface area contributed by atoms with Crippen LogP contribution in [0.1, 0.15) is 38.5 Å². The zero-order chi connectivity index (χ0) is 12.8. The van der Waals surface area contributed by atoms with Crippen LogP contribution in [0.15, 0.2) is 5.16 Å². The average molecular weight is 254 g/mol. The molecule has 5 heteroatoms. The molecule has 0 aromatic heterocycles. The average Bonchev–Trinajstić information content (AvgIpc) is 2.68. The molecule has 2 rings (SSSR count). The topological polar surface area (TPSA) is 65.1 Å². The minimum atomic E-state index is 0.318. The monoisotopic (exact) mass is 254 g/mol. The Bertz CT molecular complexity index is 266. The summed E-state index contributed by atoms with van der Waals surface area (Å²) in [4.78, 5) is 4.91. The van der Waals surface area contributed by atoms with Crippen molar-refractivity contribution < 1.29 is 5.21 Å². The van der Waals surface area contributed by atoms with Gasteiger partial charge in [-0.25, -0.2) is 0 Å². The smallest absolute Gasteiger partial charge is 0.153 e. The van der Waals surface area contributed by atoms with Crippen LogP contribution in [-0.2, 0) is 0 Å². The van der Waals surface area contributed by atoms with E-state index in [2.05, 4.69) is 15.0 Å². The Kier molecular flexibility index (Phi) is 5.26. The summed E-state index contributed by atoms with van der Waals surface area (Å²) in [6, 6.07) is 0.804. The van der Waals surface area contributed by atoms with Crippen molar-refractivity contribution >= 4 is 5.84 Å². The third-order valence-corrected chi connectivity index (χ3v) is 4.26. The highest BCUT2D eigenvalue weighted by molar-refractivity contribution is 5.81. The highest BCUT2D eigenvalue weighted by Crippen LogP contribution is 2.22. The van der Waals surface area contributed by atoms with Gasteiger partial charge in [-0.15, -0.1) is 0 Å². The van der Waals surface area contributed by atoms with E-state index in [4.69, 9.17) is 10.9 Å². The van der Waals surface area contributed by atoms with Gasteiger partial charge >= 0.3 is 0 Å². The molecule has 1 aliphatic carbocycles. The molecule has 1 saturated heterocycles. The minimum Gasteiger partial charge on any atom is -0.409 e. The number of piperazine rings is 1. The number of hydrogen-bond acceptors (Lipinski definition) is 4. The van der Waals surface area contributed by atoms with E-state index in [1.165, 1.54) is 38.5 Å². The molecule has 104 valence electrons. The number of hydrogen-bond donors (Lipinski definition) is 2. The Morgan fingerprint density at radius 3 is 2.22 bits per heavy atom. The van der Waals surface area contributed by atoms with E-state index in [0.717, 1.165) is 32.2 Å².